The molecule has 1 aliphatic heterocycles. The van der Waals surface area contributed by atoms with Gasteiger partial charge in [0.25, 0.3) is 10.0 Å². The summed E-state index contributed by atoms with van der Waals surface area (Å²) in [6, 6.07) is 13.8. The van der Waals surface area contributed by atoms with Crippen molar-refractivity contribution in [2.24, 2.45) is 0 Å². The number of nitrogens with zero attached hydrogens (tertiary/aromatic N) is 3. The molecular formula is C21H23N5O3S. The van der Waals surface area contributed by atoms with Crippen LogP contribution in [0.2, 0.25) is 0 Å². The van der Waals surface area contributed by atoms with Gasteiger partial charge in [-0.25, -0.2) is 13.4 Å². The summed E-state index contributed by atoms with van der Waals surface area (Å²) in [6.07, 6.45) is 0.718. The standard InChI is InChI=1S/C21H23N5O3S/c1-14-12-20(26(2)3)24-21(22-14)23-16-4-6-17(7-5-16)25-30(27,28)18-8-9-19-15(13-18)10-11-29-19/h4-9,12-13,25H,10-11H2,1-3H3,(H,22,23,24). The predicted octanol–water partition coefficient (Wildman–Crippen LogP) is 3.33. The van der Waals surface area contributed by atoms with Gasteiger partial charge < -0.3 is 15.0 Å². The molecule has 0 fully saturated rings. The highest BCUT2D eigenvalue weighted by molar-refractivity contribution is 7.92. The monoisotopic (exact) mass is 425 g/mol. The molecule has 0 amide bonds. The normalized spacial score (nSPS) is 12.8. The number of aryl methyl sites for hydroxylation is 1. The molecule has 2 N–H and O–H groups in total. The van der Waals surface area contributed by atoms with Crippen LogP contribution in [-0.4, -0.2) is 39.1 Å². The van der Waals surface area contributed by atoms with E-state index in [9.17, 15) is 8.42 Å². The molecule has 3 aromatic rings. The van der Waals surface area contributed by atoms with Crippen LogP contribution in [0.4, 0.5) is 23.1 Å². The van der Waals surface area contributed by atoms with E-state index in [1.165, 1.54) is 0 Å². The lowest BCUT2D eigenvalue weighted by molar-refractivity contribution is 0.356. The Kier molecular flexibility index (Phi) is 5.21. The molecule has 30 heavy (non-hydrogen) atoms. The van der Waals surface area contributed by atoms with Gasteiger partial charge >= 0.3 is 0 Å². The minimum Gasteiger partial charge on any atom is -0.493 e. The van der Waals surface area contributed by atoms with Gasteiger partial charge in [0.15, 0.2) is 0 Å². The fraction of sp³-hybridized carbons (Fsp3) is 0.238. The van der Waals surface area contributed by atoms with Crippen molar-refractivity contribution in [3.63, 3.8) is 0 Å². The molecule has 0 spiro atoms. The van der Waals surface area contributed by atoms with Gasteiger partial charge in [0.05, 0.1) is 11.5 Å². The van der Waals surface area contributed by atoms with E-state index in [-0.39, 0.29) is 4.90 Å². The van der Waals surface area contributed by atoms with Gasteiger partial charge in [0, 0.05) is 43.7 Å². The Labute approximate surface area is 176 Å². The number of benzene rings is 2. The van der Waals surface area contributed by atoms with Crippen LogP contribution in [0, 0.1) is 6.92 Å². The molecule has 2 aromatic carbocycles. The number of rotatable bonds is 6. The molecule has 0 saturated carbocycles. The van der Waals surface area contributed by atoms with E-state index in [4.69, 9.17) is 4.74 Å². The van der Waals surface area contributed by atoms with Gasteiger partial charge in [-0.15, -0.1) is 0 Å². The van der Waals surface area contributed by atoms with Crippen molar-refractivity contribution in [2.75, 3.05) is 35.6 Å². The number of hydrogen-bond donors (Lipinski definition) is 2. The van der Waals surface area contributed by atoms with E-state index in [0.29, 0.717) is 18.2 Å². The Bertz CT molecular complexity index is 1180. The largest absolute Gasteiger partial charge is 0.493 e. The summed E-state index contributed by atoms with van der Waals surface area (Å²) in [6.45, 7) is 2.49. The number of anilines is 4. The number of sulfonamides is 1. The minimum atomic E-state index is -3.68. The summed E-state index contributed by atoms with van der Waals surface area (Å²) in [5, 5.41) is 3.15. The second kappa shape index (κ2) is 7.83. The maximum Gasteiger partial charge on any atom is 0.261 e. The fourth-order valence-electron chi connectivity index (χ4n) is 3.13. The summed E-state index contributed by atoms with van der Waals surface area (Å²) < 4.78 is 33.5. The highest BCUT2D eigenvalue weighted by Gasteiger charge is 2.19. The van der Waals surface area contributed by atoms with Crippen LogP contribution in [0.25, 0.3) is 0 Å². The lowest BCUT2D eigenvalue weighted by Crippen LogP contribution is -2.13. The first-order valence-electron chi connectivity index (χ1n) is 9.49. The van der Waals surface area contributed by atoms with Crippen molar-refractivity contribution in [1.82, 2.24) is 9.97 Å². The molecule has 0 atom stereocenters. The average Bonchev–Trinajstić information content (AvgIpc) is 3.17. The van der Waals surface area contributed by atoms with Crippen LogP contribution >= 0.6 is 0 Å². The summed E-state index contributed by atoms with van der Waals surface area (Å²) in [4.78, 5) is 11.0. The third kappa shape index (κ3) is 4.30. The van der Waals surface area contributed by atoms with Crippen molar-refractivity contribution < 1.29 is 13.2 Å². The van der Waals surface area contributed by atoms with Crippen LogP contribution in [0.15, 0.2) is 53.4 Å². The summed E-state index contributed by atoms with van der Waals surface area (Å²) in [5.41, 5.74) is 2.98. The van der Waals surface area contributed by atoms with Crippen LogP contribution in [0.5, 0.6) is 5.75 Å². The quantitative estimate of drug-likeness (QED) is 0.625. The Hall–Kier alpha value is -3.33. The number of nitrogens with one attached hydrogen (secondary N) is 2. The topological polar surface area (TPSA) is 96.5 Å². The van der Waals surface area contributed by atoms with E-state index in [2.05, 4.69) is 20.0 Å². The Balaban J connectivity index is 1.49. The second-order valence-corrected chi connectivity index (χ2v) is 8.94. The number of fused-ring (bicyclic) bond motifs is 1. The predicted molar refractivity (Wildman–Crippen MR) is 117 cm³/mol. The highest BCUT2D eigenvalue weighted by Crippen LogP contribution is 2.28. The second-order valence-electron chi connectivity index (χ2n) is 7.26. The van der Waals surface area contributed by atoms with Gasteiger partial charge in [0.2, 0.25) is 5.95 Å². The van der Waals surface area contributed by atoms with Crippen molar-refractivity contribution in [3.05, 3.63) is 59.8 Å². The lowest BCUT2D eigenvalue weighted by atomic mass is 10.2. The lowest BCUT2D eigenvalue weighted by Gasteiger charge is -2.14. The maximum atomic E-state index is 12.7. The molecule has 8 nitrogen and oxygen atoms in total. The summed E-state index contributed by atoms with van der Waals surface area (Å²) in [7, 11) is 0.151. The Morgan fingerprint density at radius 3 is 2.47 bits per heavy atom. The van der Waals surface area contributed by atoms with Crippen molar-refractivity contribution in [2.45, 2.75) is 18.2 Å². The summed E-state index contributed by atoms with van der Waals surface area (Å²) in [5.74, 6) is 2.03. The molecule has 9 heteroatoms. The van der Waals surface area contributed by atoms with Crippen molar-refractivity contribution in [1.29, 1.82) is 0 Å². The number of hydrogen-bond acceptors (Lipinski definition) is 7. The molecule has 1 aromatic heterocycles. The van der Waals surface area contributed by atoms with Gasteiger partial charge in [-0.2, -0.15) is 4.98 Å². The molecule has 0 aliphatic carbocycles. The van der Waals surface area contributed by atoms with Gasteiger partial charge in [-0.1, -0.05) is 0 Å². The van der Waals surface area contributed by atoms with E-state index in [1.54, 1.807) is 42.5 Å². The SMILES string of the molecule is Cc1cc(N(C)C)nc(Nc2ccc(NS(=O)(=O)c3ccc4c(c3)CCO4)cc2)n1. The van der Waals surface area contributed by atoms with Gasteiger partial charge in [0.1, 0.15) is 11.6 Å². The molecule has 4 rings (SSSR count). The first kappa shape index (κ1) is 20.0. The van der Waals surface area contributed by atoms with Crippen LogP contribution in [0.3, 0.4) is 0 Å². The van der Waals surface area contributed by atoms with E-state index >= 15 is 0 Å². The van der Waals surface area contributed by atoms with E-state index in [1.807, 2.05) is 32.0 Å². The molecule has 2 heterocycles. The van der Waals surface area contributed by atoms with Crippen molar-refractivity contribution in [3.8, 4) is 5.75 Å². The zero-order valence-corrected chi connectivity index (χ0v) is 17.8. The number of aromatic nitrogens is 2. The number of ether oxygens (including phenoxy) is 1. The zero-order valence-electron chi connectivity index (χ0n) is 17.0. The van der Waals surface area contributed by atoms with Gasteiger partial charge in [-0.05, 0) is 55.0 Å². The van der Waals surface area contributed by atoms with E-state index < -0.39 is 10.0 Å². The molecule has 0 bridgehead atoms. The van der Waals surface area contributed by atoms with Crippen LogP contribution in [-0.2, 0) is 16.4 Å². The maximum absolute atomic E-state index is 12.7. The van der Waals surface area contributed by atoms with E-state index in [0.717, 1.165) is 34.9 Å². The Morgan fingerprint density at radius 2 is 1.73 bits per heavy atom. The first-order chi connectivity index (χ1) is 14.3. The van der Waals surface area contributed by atoms with Crippen molar-refractivity contribution >= 4 is 33.2 Å². The van der Waals surface area contributed by atoms with Gasteiger partial charge in [-0.3, -0.25) is 4.72 Å². The molecule has 0 radical (unpaired) electrons. The molecule has 0 unspecified atom stereocenters. The third-order valence-corrected chi connectivity index (χ3v) is 6.04. The average molecular weight is 426 g/mol. The molecular weight excluding hydrogens is 402 g/mol. The molecule has 1 aliphatic rings. The molecule has 0 saturated heterocycles. The first-order valence-corrected chi connectivity index (χ1v) is 11.0. The van der Waals surface area contributed by atoms with Crippen LogP contribution in [0.1, 0.15) is 11.3 Å². The van der Waals surface area contributed by atoms with Crippen LogP contribution < -0.4 is 19.7 Å². The zero-order chi connectivity index (χ0) is 21.3. The third-order valence-electron chi connectivity index (χ3n) is 4.66. The highest BCUT2D eigenvalue weighted by atomic mass is 32.2. The smallest absolute Gasteiger partial charge is 0.261 e. The minimum absolute atomic E-state index is 0.221. The molecule has 156 valence electrons. The summed E-state index contributed by atoms with van der Waals surface area (Å²) >= 11 is 0. The fourth-order valence-corrected chi connectivity index (χ4v) is 4.24. The Morgan fingerprint density at radius 1 is 1.00 bits per heavy atom.